The van der Waals surface area contributed by atoms with E-state index < -0.39 is 11.6 Å². The van der Waals surface area contributed by atoms with E-state index in [-0.39, 0.29) is 13.2 Å². The van der Waals surface area contributed by atoms with Crippen molar-refractivity contribution in [1.29, 1.82) is 0 Å². The number of ether oxygens (including phenoxy) is 1. The highest BCUT2D eigenvalue weighted by Crippen LogP contribution is 2.10. The second kappa shape index (κ2) is 7.82. The van der Waals surface area contributed by atoms with E-state index in [1.807, 2.05) is 38.1 Å². The van der Waals surface area contributed by atoms with Crippen molar-refractivity contribution in [1.82, 2.24) is 5.32 Å². The molecule has 0 aliphatic carbocycles. The van der Waals surface area contributed by atoms with Crippen molar-refractivity contribution < 1.29 is 14.9 Å². The Hall–Kier alpha value is -0.650. The van der Waals surface area contributed by atoms with Crippen LogP contribution in [0.25, 0.3) is 0 Å². The summed E-state index contributed by atoms with van der Waals surface area (Å²) in [5, 5.41) is 22.6. The van der Waals surface area contributed by atoms with Gasteiger partial charge in [-0.25, -0.2) is 0 Å². The predicted molar refractivity (Wildman–Crippen MR) is 76.3 cm³/mol. The third kappa shape index (κ3) is 6.89. The van der Waals surface area contributed by atoms with Gasteiger partial charge in [-0.2, -0.15) is 0 Å². The quantitative estimate of drug-likeness (QED) is 0.679. The van der Waals surface area contributed by atoms with E-state index in [2.05, 4.69) is 5.32 Å². The number of nitrogens with one attached hydrogen (secondary N) is 1. The van der Waals surface area contributed by atoms with Crippen molar-refractivity contribution in [3.05, 3.63) is 34.9 Å². The minimum absolute atomic E-state index is 0.0192. The van der Waals surface area contributed by atoms with Gasteiger partial charge in [-0.3, -0.25) is 0 Å². The smallest absolute Gasteiger partial charge is 0.0898 e. The fourth-order valence-electron chi connectivity index (χ4n) is 1.40. The number of β-amino-alcohol motifs (C(OH)–C–C–N with tert-alkyl or cyclic N) is 1. The third-order valence-electron chi connectivity index (χ3n) is 2.70. The van der Waals surface area contributed by atoms with Gasteiger partial charge in [-0.15, -0.1) is 0 Å². The van der Waals surface area contributed by atoms with Crippen LogP contribution in [0.1, 0.15) is 19.4 Å². The van der Waals surface area contributed by atoms with E-state index in [1.165, 1.54) is 0 Å². The van der Waals surface area contributed by atoms with Crippen LogP contribution in [0.15, 0.2) is 24.3 Å². The molecule has 0 fully saturated rings. The lowest BCUT2D eigenvalue weighted by atomic mass is 10.1. The average Bonchev–Trinajstić information content (AvgIpc) is 2.39. The first-order chi connectivity index (χ1) is 8.93. The molecule has 4 nitrogen and oxygen atoms in total. The number of hydrogen-bond acceptors (Lipinski definition) is 4. The Balaban J connectivity index is 2.20. The van der Waals surface area contributed by atoms with Crippen LogP contribution in [0.5, 0.6) is 0 Å². The molecule has 0 aromatic heterocycles. The number of aliphatic hydroxyl groups is 2. The highest BCUT2D eigenvalue weighted by molar-refractivity contribution is 6.30. The standard InChI is InChI=1S/C14H22ClNO3/c1-14(2,10-17)16-7-13(18)9-19-8-11-3-5-12(15)6-4-11/h3-6,13,16-18H,7-10H2,1-2H3. The summed E-state index contributed by atoms with van der Waals surface area (Å²) >= 11 is 5.78. The SMILES string of the molecule is CC(C)(CO)NCC(O)COCc1ccc(Cl)cc1. The molecule has 0 saturated carbocycles. The molecular weight excluding hydrogens is 266 g/mol. The van der Waals surface area contributed by atoms with Crippen LogP contribution in [-0.2, 0) is 11.3 Å². The summed E-state index contributed by atoms with van der Waals surface area (Å²) in [6.45, 7) is 4.83. The zero-order chi connectivity index (χ0) is 14.3. The lowest BCUT2D eigenvalue weighted by molar-refractivity contribution is 0.0236. The third-order valence-corrected chi connectivity index (χ3v) is 2.96. The van der Waals surface area contributed by atoms with E-state index in [9.17, 15) is 5.11 Å². The first-order valence-electron chi connectivity index (χ1n) is 6.29. The normalized spacial score (nSPS) is 13.5. The summed E-state index contributed by atoms with van der Waals surface area (Å²) in [4.78, 5) is 0. The monoisotopic (exact) mass is 287 g/mol. The maximum Gasteiger partial charge on any atom is 0.0898 e. The molecule has 0 spiro atoms. The molecule has 1 unspecified atom stereocenters. The molecule has 0 heterocycles. The van der Waals surface area contributed by atoms with Crippen LogP contribution < -0.4 is 5.32 Å². The number of benzene rings is 1. The minimum atomic E-state index is -0.599. The molecule has 5 heteroatoms. The van der Waals surface area contributed by atoms with E-state index in [0.29, 0.717) is 18.2 Å². The number of aliphatic hydroxyl groups excluding tert-OH is 2. The molecule has 1 atom stereocenters. The fraction of sp³-hybridized carbons (Fsp3) is 0.571. The van der Waals surface area contributed by atoms with Gasteiger partial charge in [0.2, 0.25) is 0 Å². The molecule has 108 valence electrons. The molecule has 0 amide bonds. The zero-order valence-corrected chi connectivity index (χ0v) is 12.2. The van der Waals surface area contributed by atoms with Gasteiger partial charge in [-0.1, -0.05) is 23.7 Å². The second-order valence-electron chi connectivity index (χ2n) is 5.22. The van der Waals surface area contributed by atoms with E-state index in [4.69, 9.17) is 21.4 Å². The zero-order valence-electron chi connectivity index (χ0n) is 11.4. The first-order valence-corrected chi connectivity index (χ1v) is 6.67. The van der Waals surface area contributed by atoms with Crippen LogP contribution >= 0.6 is 11.6 Å². The molecule has 3 N–H and O–H groups in total. The lowest BCUT2D eigenvalue weighted by Crippen LogP contribution is -2.46. The maximum atomic E-state index is 9.74. The van der Waals surface area contributed by atoms with E-state index >= 15 is 0 Å². The van der Waals surface area contributed by atoms with E-state index in [1.54, 1.807) is 0 Å². The number of hydrogen-bond donors (Lipinski definition) is 3. The molecule has 19 heavy (non-hydrogen) atoms. The Labute approximate surface area is 119 Å². The Kier molecular flexibility index (Phi) is 6.75. The van der Waals surface area contributed by atoms with Crippen LogP contribution in [0.2, 0.25) is 5.02 Å². The predicted octanol–water partition coefficient (Wildman–Crippen LogP) is 1.58. The van der Waals surface area contributed by atoms with Crippen molar-refractivity contribution in [3.8, 4) is 0 Å². The number of rotatable bonds is 8. The van der Waals surface area contributed by atoms with Crippen molar-refractivity contribution in [2.45, 2.75) is 32.1 Å². The lowest BCUT2D eigenvalue weighted by Gasteiger charge is -2.25. The maximum absolute atomic E-state index is 9.74. The molecular formula is C14H22ClNO3. The summed E-state index contributed by atoms with van der Waals surface area (Å²) < 4.78 is 5.42. The van der Waals surface area contributed by atoms with Crippen LogP contribution in [0.4, 0.5) is 0 Å². The Morgan fingerprint density at radius 1 is 1.32 bits per heavy atom. The van der Waals surface area contributed by atoms with Gasteiger partial charge in [0.1, 0.15) is 0 Å². The van der Waals surface area contributed by atoms with Gasteiger partial charge in [0.15, 0.2) is 0 Å². The molecule has 0 radical (unpaired) electrons. The Bertz CT molecular complexity index is 367. The summed E-state index contributed by atoms with van der Waals surface area (Å²) in [6.07, 6.45) is -0.599. The van der Waals surface area contributed by atoms with Crippen LogP contribution in [0.3, 0.4) is 0 Å². The molecule has 0 saturated heterocycles. The van der Waals surface area contributed by atoms with E-state index in [0.717, 1.165) is 5.56 Å². The van der Waals surface area contributed by atoms with Gasteiger partial charge in [-0.05, 0) is 31.5 Å². The van der Waals surface area contributed by atoms with Crippen molar-refractivity contribution in [2.24, 2.45) is 0 Å². The minimum Gasteiger partial charge on any atom is -0.394 e. The molecule has 0 aliphatic heterocycles. The van der Waals surface area contributed by atoms with Crippen molar-refractivity contribution >= 4 is 11.6 Å². The largest absolute Gasteiger partial charge is 0.394 e. The Morgan fingerprint density at radius 3 is 2.53 bits per heavy atom. The van der Waals surface area contributed by atoms with Crippen LogP contribution in [0, 0.1) is 0 Å². The summed E-state index contributed by atoms with van der Waals surface area (Å²) in [5.74, 6) is 0. The summed E-state index contributed by atoms with van der Waals surface area (Å²) in [6, 6.07) is 7.40. The first kappa shape index (κ1) is 16.4. The van der Waals surface area contributed by atoms with Crippen molar-refractivity contribution in [2.75, 3.05) is 19.8 Å². The topological polar surface area (TPSA) is 61.7 Å². The summed E-state index contributed by atoms with van der Waals surface area (Å²) in [7, 11) is 0. The van der Waals surface area contributed by atoms with Gasteiger partial charge in [0.25, 0.3) is 0 Å². The van der Waals surface area contributed by atoms with Gasteiger partial charge in [0, 0.05) is 17.1 Å². The molecule has 0 bridgehead atoms. The van der Waals surface area contributed by atoms with Crippen LogP contribution in [-0.4, -0.2) is 41.6 Å². The van der Waals surface area contributed by atoms with Gasteiger partial charge >= 0.3 is 0 Å². The molecule has 1 aromatic carbocycles. The average molecular weight is 288 g/mol. The highest BCUT2D eigenvalue weighted by Gasteiger charge is 2.16. The fourth-order valence-corrected chi connectivity index (χ4v) is 1.53. The molecule has 1 rings (SSSR count). The Morgan fingerprint density at radius 2 is 1.95 bits per heavy atom. The van der Waals surface area contributed by atoms with Gasteiger partial charge < -0.3 is 20.3 Å². The molecule has 0 aliphatic rings. The number of halogens is 1. The second-order valence-corrected chi connectivity index (χ2v) is 5.65. The van der Waals surface area contributed by atoms with Gasteiger partial charge in [0.05, 0.1) is 25.9 Å². The highest BCUT2D eigenvalue weighted by atomic mass is 35.5. The summed E-state index contributed by atoms with van der Waals surface area (Å²) in [5.41, 5.74) is 0.622. The molecule has 1 aromatic rings. The van der Waals surface area contributed by atoms with Crippen molar-refractivity contribution in [3.63, 3.8) is 0 Å².